The Bertz CT molecular complexity index is 631. The second-order valence-corrected chi connectivity index (χ2v) is 4.97. The highest BCUT2D eigenvalue weighted by Crippen LogP contribution is 2.19. The van der Waals surface area contributed by atoms with E-state index in [4.69, 9.17) is 4.74 Å². The zero-order valence-electron chi connectivity index (χ0n) is 10.8. The number of carbonyl (C=O) groups excluding carboxylic acids is 1. The number of rotatable bonds is 4. The van der Waals surface area contributed by atoms with Crippen molar-refractivity contribution in [1.29, 1.82) is 0 Å². The van der Waals surface area contributed by atoms with Gasteiger partial charge in [-0.3, -0.25) is 4.79 Å². The van der Waals surface area contributed by atoms with Crippen LogP contribution in [0.1, 0.15) is 15.9 Å². The Labute approximate surface area is 124 Å². The fourth-order valence-electron chi connectivity index (χ4n) is 1.79. The molecule has 0 fully saturated rings. The van der Waals surface area contributed by atoms with Gasteiger partial charge in [-0.2, -0.15) is 0 Å². The van der Waals surface area contributed by atoms with E-state index in [0.717, 1.165) is 5.56 Å². The Kier molecular flexibility index (Phi) is 4.74. The van der Waals surface area contributed by atoms with Crippen molar-refractivity contribution in [3.63, 3.8) is 0 Å². The van der Waals surface area contributed by atoms with Crippen molar-refractivity contribution in [2.45, 2.75) is 6.54 Å². The third-order valence-electron chi connectivity index (χ3n) is 2.80. The number of methoxy groups -OCH3 is 1. The van der Waals surface area contributed by atoms with Crippen LogP contribution in [-0.2, 0) is 6.54 Å². The summed E-state index contributed by atoms with van der Waals surface area (Å²) in [4.78, 5) is 12.0. The molecule has 0 aliphatic carbocycles. The number of hydrogen-bond donors (Lipinski definition) is 1. The largest absolute Gasteiger partial charge is 0.496 e. The first-order chi connectivity index (χ1) is 9.61. The lowest BCUT2D eigenvalue weighted by molar-refractivity contribution is 0.0949. The van der Waals surface area contributed by atoms with Crippen molar-refractivity contribution >= 4 is 21.8 Å². The summed E-state index contributed by atoms with van der Waals surface area (Å²) in [6, 6.07) is 11.4. The van der Waals surface area contributed by atoms with E-state index in [1.807, 2.05) is 24.3 Å². The van der Waals surface area contributed by atoms with Crippen LogP contribution in [0.15, 0.2) is 46.9 Å². The summed E-state index contributed by atoms with van der Waals surface area (Å²) < 4.78 is 18.9. The molecule has 20 heavy (non-hydrogen) atoms. The maximum Gasteiger partial charge on any atom is 0.252 e. The fourth-order valence-corrected chi connectivity index (χ4v) is 2.22. The van der Waals surface area contributed by atoms with Gasteiger partial charge in [0, 0.05) is 16.6 Å². The molecule has 0 aromatic heterocycles. The molecule has 0 atom stereocenters. The highest BCUT2D eigenvalue weighted by atomic mass is 79.9. The Morgan fingerprint density at radius 3 is 2.80 bits per heavy atom. The van der Waals surface area contributed by atoms with E-state index in [1.54, 1.807) is 7.11 Å². The molecule has 104 valence electrons. The minimum absolute atomic E-state index is 0.264. The predicted octanol–water partition coefficient (Wildman–Crippen LogP) is 3.53. The lowest BCUT2D eigenvalue weighted by Crippen LogP contribution is -2.23. The monoisotopic (exact) mass is 337 g/mol. The van der Waals surface area contributed by atoms with Crippen LogP contribution >= 0.6 is 15.9 Å². The van der Waals surface area contributed by atoms with Crippen LogP contribution in [0.4, 0.5) is 4.39 Å². The molecule has 0 saturated carbocycles. The smallest absolute Gasteiger partial charge is 0.252 e. The Morgan fingerprint density at radius 1 is 1.30 bits per heavy atom. The van der Waals surface area contributed by atoms with E-state index in [1.165, 1.54) is 18.2 Å². The lowest BCUT2D eigenvalue weighted by atomic mass is 10.1. The first-order valence-electron chi connectivity index (χ1n) is 5.97. The lowest BCUT2D eigenvalue weighted by Gasteiger charge is -2.10. The normalized spacial score (nSPS) is 10.2. The van der Waals surface area contributed by atoms with Crippen LogP contribution in [0, 0.1) is 5.82 Å². The van der Waals surface area contributed by atoms with Crippen molar-refractivity contribution in [2.24, 2.45) is 0 Å². The minimum atomic E-state index is -0.448. The molecule has 0 aliphatic rings. The Morgan fingerprint density at radius 2 is 2.05 bits per heavy atom. The summed E-state index contributed by atoms with van der Waals surface area (Å²) >= 11 is 3.23. The van der Waals surface area contributed by atoms with E-state index in [2.05, 4.69) is 21.2 Å². The van der Waals surface area contributed by atoms with E-state index in [0.29, 0.717) is 16.8 Å². The average molecular weight is 338 g/mol. The van der Waals surface area contributed by atoms with Crippen molar-refractivity contribution in [3.05, 3.63) is 63.9 Å². The number of para-hydroxylation sites is 1. The number of hydrogen-bond acceptors (Lipinski definition) is 2. The molecule has 0 unspecified atom stereocenters. The van der Waals surface area contributed by atoms with Crippen molar-refractivity contribution < 1.29 is 13.9 Å². The third-order valence-corrected chi connectivity index (χ3v) is 3.50. The van der Waals surface area contributed by atoms with Gasteiger partial charge in [-0.25, -0.2) is 4.39 Å². The Hall–Kier alpha value is -1.88. The van der Waals surface area contributed by atoms with Crippen LogP contribution in [0.3, 0.4) is 0 Å². The van der Waals surface area contributed by atoms with E-state index < -0.39 is 5.82 Å². The highest BCUT2D eigenvalue weighted by molar-refractivity contribution is 9.10. The second kappa shape index (κ2) is 6.52. The summed E-state index contributed by atoms with van der Waals surface area (Å²) in [5, 5.41) is 2.74. The van der Waals surface area contributed by atoms with Crippen molar-refractivity contribution in [1.82, 2.24) is 5.32 Å². The van der Waals surface area contributed by atoms with Crippen molar-refractivity contribution in [2.75, 3.05) is 7.11 Å². The zero-order valence-corrected chi connectivity index (χ0v) is 12.4. The van der Waals surface area contributed by atoms with Gasteiger partial charge in [-0.1, -0.05) is 18.2 Å². The number of ether oxygens (including phenoxy) is 1. The van der Waals surface area contributed by atoms with Gasteiger partial charge in [-0.05, 0) is 40.2 Å². The molecule has 0 bridgehead atoms. The number of carbonyl (C=O) groups is 1. The summed E-state index contributed by atoms with van der Waals surface area (Å²) in [6.45, 7) is 0.311. The van der Waals surface area contributed by atoms with Crippen LogP contribution in [-0.4, -0.2) is 13.0 Å². The number of amides is 1. The van der Waals surface area contributed by atoms with E-state index >= 15 is 0 Å². The molecule has 0 aliphatic heterocycles. The molecule has 1 N–H and O–H groups in total. The maximum absolute atomic E-state index is 13.2. The molecule has 0 spiro atoms. The number of halogens is 2. The molecule has 3 nitrogen and oxygen atoms in total. The molecular formula is C15H13BrFNO2. The topological polar surface area (TPSA) is 38.3 Å². The molecule has 2 aromatic rings. The van der Waals surface area contributed by atoms with Gasteiger partial charge < -0.3 is 10.1 Å². The SMILES string of the molecule is COc1ccccc1CNC(=O)c1cc(F)ccc1Br. The van der Waals surface area contributed by atoms with Crippen LogP contribution in [0.2, 0.25) is 0 Å². The summed E-state index contributed by atoms with van der Waals surface area (Å²) in [5.74, 6) is -0.0935. The van der Waals surface area contributed by atoms with Crippen LogP contribution in [0.5, 0.6) is 5.75 Å². The molecule has 5 heteroatoms. The summed E-state index contributed by atoms with van der Waals surface area (Å²) in [7, 11) is 1.57. The van der Waals surface area contributed by atoms with Gasteiger partial charge in [0.2, 0.25) is 0 Å². The summed E-state index contributed by atoms with van der Waals surface area (Å²) in [5.41, 5.74) is 1.12. The first kappa shape index (κ1) is 14.5. The predicted molar refractivity (Wildman–Crippen MR) is 78.3 cm³/mol. The molecule has 0 saturated heterocycles. The van der Waals surface area contributed by atoms with Gasteiger partial charge >= 0.3 is 0 Å². The molecule has 2 aromatic carbocycles. The van der Waals surface area contributed by atoms with Crippen LogP contribution in [0.25, 0.3) is 0 Å². The molecular weight excluding hydrogens is 325 g/mol. The van der Waals surface area contributed by atoms with Crippen LogP contribution < -0.4 is 10.1 Å². The number of nitrogens with one attached hydrogen (secondary N) is 1. The average Bonchev–Trinajstić information content (AvgIpc) is 2.47. The highest BCUT2D eigenvalue weighted by Gasteiger charge is 2.11. The zero-order chi connectivity index (χ0) is 14.5. The van der Waals surface area contributed by atoms with Gasteiger partial charge in [0.15, 0.2) is 0 Å². The molecule has 2 rings (SSSR count). The van der Waals surface area contributed by atoms with Gasteiger partial charge in [0.1, 0.15) is 11.6 Å². The van der Waals surface area contributed by atoms with Gasteiger partial charge in [0.05, 0.1) is 12.7 Å². The fraction of sp³-hybridized carbons (Fsp3) is 0.133. The maximum atomic E-state index is 13.2. The standard InChI is InChI=1S/C15H13BrFNO2/c1-20-14-5-3-2-4-10(14)9-18-15(19)12-8-11(17)6-7-13(12)16/h2-8H,9H2,1H3,(H,18,19). The second-order valence-electron chi connectivity index (χ2n) is 4.12. The van der Waals surface area contributed by atoms with Crippen molar-refractivity contribution in [3.8, 4) is 5.75 Å². The third kappa shape index (κ3) is 3.36. The molecule has 1 amide bonds. The van der Waals surface area contributed by atoms with E-state index in [-0.39, 0.29) is 11.5 Å². The van der Waals surface area contributed by atoms with E-state index in [9.17, 15) is 9.18 Å². The molecule has 0 radical (unpaired) electrons. The quantitative estimate of drug-likeness (QED) is 0.926. The molecule has 0 heterocycles. The summed E-state index contributed by atoms with van der Waals surface area (Å²) in [6.07, 6.45) is 0. The van der Waals surface area contributed by atoms with Gasteiger partial charge in [0.25, 0.3) is 5.91 Å². The first-order valence-corrected chi connectivity index (χ1v) is 6.76. The Balaban J connectivity index is 2.11. The number of benzene rings is 2. The minimum Gasteiger partial charge on any atom is -0.496 e. The van der Waals surface area contributed by atoms with Gasteiger partial charge in [-0.15, -0.1) is 0 Å².